The van der Waals surface area contributed by atoms with Crippen LogP contribution in [0.3, 0.4) is 0 Å². The summed E-state index contributed by atoms with van der Waals surface area (Å²) in [4.78, 5) is 22.8. The summed E-state index contributed by atoms with van der Waals surface area (Å²) in [6, 6.07) is 10.8. The quantitative estimate of drug-likeness (QED) is 0.740. The highest BCUT2D eigenvalue weighted by molar-refractivity contribution is 7.09. The average molecular weight is 398 g/mol. The molecule has 0 N–H and O–H groups in total. The summed E-state index contributed by atoms with van der Waals surface area (Å²) in [7, 11) is 2.19. The number of carbonyl (C=O) groups is 1. The molecule has 1 spiro atoms. The lowest BCUT2D eigenvalue weighted by atomic mass is 9.79. The molecular weight excluding hydrogens is 366 g/mol. The van der Waals surface area contributed by atoms with Crippen LogP contribution in [0.4, 0.5) is 0 Å². The van der Waals surface area contributed by atoms with Crippen molar-refractivity contribution in [1.82, 2.24) is 14.8 Å². The Balaban J connectivity index is 1.54. The molecule has 0 bridgehead atoms. The minimum absolute atomic E-state index is 0.0483. The van der Waals surface area contributed by atoms with Crippen LogP contribution in [0.25, 0.3) is 0 Å². The molecule has 4 rings (SSSR count). The molecule has 150 valence electrons. The first-order valence-electron chi connectivity index (χ1n) is 10.6. The highest BCUT2D eigenvalue weighted by Crippen LogP contribution is 2.43. The molecular formula is C23H31N3OS. The number of benzene rings is 1. The molecule has 2 fully saturated rings. The zero-order valence-electron chi connectivity index (χ0n) is 17.1. The molecule has 0 radical (unpaired) electrons. The largest absolute Gasteiger partial charge is 0.330 e. The normalized spacial score (nSPS) is 21.5. The minimum Gasteiger partial charge on any atom is -0.330 e. The van der Waals surface area contributed by atoms with Gasteiger partial charge >= 0.3 is 0 Å². The number of thiazole rings is 1. The second kappa shape index (κ2) is 8.34. The van der Waals surface area contributed by atoms with E-state index in [9.17, 15) is 4.79 Å². The number of aromatic nitrogens is 1. The van der Waals surface area contributed by atoms with Crippen LogP contribution in [0.15, 0.2) is 35.7 Å². The summed E-state index contributed by atoms with van der Waals surface area (Å²) >= 11 is 1.61. The molecule has 28 heavy (non-hydrogen) atoms. The van der Waals surface area contributed by atoms with Crippen molar-refractivity contribution < 1.29 is 4.79 Å². The van der Waals surface area contributed by atoms with E-state index < -0.39 is 0 Å². The monoisotopic (exact) mass is 397 g/mol. The predicted molar refractivity (Wildman–Crippen MR) is 115 cm³/mol. The Morgan fingerprint density at radius 3 is 2.71 bits per heavy atom. The van der Waals surface area contributed by atoms with Gasteiger partial charge in [0.2, 0.25) is 0 Å². The van der Waals surface area contributed by atoms with Gasteiger partial charge in [-0.2, -0.15) is 0 Å². The summed E-state index contributed by atoms with van der Waals surface area (Å²) in [5.74, 6) is 0.143. The van der Waals surface area contributed by atoms with E-state index >= 15 is 0 Å². The third kappa shape index (κ3) is 3.87. The molecule has 1 saturated carbocycles. The van der Waals surface area contributed by atoms with E-state index in [0.29, 0.717) is 11.7 Å². The van der Waals surface area contributed by atoms with Gasteiger partial charge in [0.25, 0.3) is 5.91 Å². The Morgan fingerprint density at radius 2 is 2.00 bits per heavy atom. The molecule has 1 aliphatic heterocycles. The molecule has 1 aromatic heterocycles. The summed E-state index contributed by atoms with van der Waals surface area (Å²) in [6.45, 7) is 4.07. The Morgan fingerprint density at radius 1 is 1.25 bits per heavy atom. The number of amides is 1. The van der Waals surface area contributed by atoms with Crippen LogP contribution < -0.4 is 0 Å². The summed E-state index contributed by atoms with van der Waals surface area (Å²) < 4.78 is 0. The van der Waals surface area contributed by atoms with E-state index in [4.69, 9.17) is 4.98 Å². The van der Waals surface area contributed by atoms with Crippen molar-refractivity contribution in [1.29, 1.82) is 0 Å². The topological polar surface area (TPSA) is 36.4 Å². The highest BCUT2D eigenvalue weighted by Gasteiger charge is 2.49. The van der Waals surface area contributed by atoms with Gasteiger partial charge in [0.1, 0.15) is 5.69 Å². The van der Waals surface area contributed by atoms with Crippen LogP contribution in [-0.2, 0) is 6.42 Å². The summed E-state index contributed by atoms with van der Waals surface area (Å²) in [5.41, 5.74) is 1.93. The first-order chi connectivity index (χ1) is 13.6. The van der Waals surface area contributed by atoms with Gasteiger partial charge in [-0.15, -0.1) is 11.3 Å². The van der Waals surface area contributed by atoms with E-state index in [0.717, 1.165) is 43.8 Å². The Bertz CT molecular complexity index is 797. The fourth-order valence-electron chi connectivity index (χ4n) is 4.95. The molecule has 2 heterocycles. The fourth-order valence-corrected chi connectivity index (χ4v) is 5.75. The van der Waals surface area contributed by atoms with Crippen LogP contribution in [-0.4, -0.2) is 52.4 Å². The third-order valence-electron chi connectivity index (χ3n) is 6.70. The molecule has 1 saturated heterocycles. The lowest BCUT2D eigenvalue weighted by Crippen LogP contribution is -2.48. The van der Waals surface area contributed by atoms with Crippen molar-refractivity contribution in [2.45, 2.75) is 63.5 Å². The highest BCUT2D eigenvalue weighted by atomic mass is 32.1. The molecule has 1 aromatic carbocycles. The number of rotatable bonds is 5. The van der Waals surface area contributed by atoms with Gasteiger partial charge in [-0.25, -0.2) is 4.98 Å². The van der Waals surface area contributed by atoms with Gasteiger partial charge in [0.15, 0.2) is 0 Å². The zero-order valence-corrected chi connectivity index (χ0v) is 17.9. The van der Waals surface area contributed by atoms with Gasteiger partial charge in [0.05, 0.1) is 5.01 Å². The van der Waals surface area contributed by atoms with Gasteiger partial charge in [-0.3, -0.25) is 4.79 Å². The lowest BCUT2D eigenvalue weighted by Gasteiger charge is -2.41. The summed E-state index contributed by atoms with van der Waals surface area (Å²) in [5, 5.41) is 2.99. The van der Waals surface area contributed by atoms with Crippen molar-refractivity contribution in [2.75, 3.05) is 20.1 Å². The number of carbonyl (C=O) groups excluding carboxylic acids is 1. The van der Waals surface area contributed by atoms with Crippen molar-refractivity contribution in [2.24, 2.45) is 0 Å². The van der Waals surface area contributed by atoms with E-state index in [1.165, 1.54) is 24.8 Å². The SMILES string of the molecule is CCN(C)[C@@H]1CN(C(=O)c2csc(Cc3ccccc3)n2)C2(CCCCC2)C1. The number of likely N-dealkylation sites (tertiary alicyclic amines) is 1. The Kier molecular flexibility index (Phi) is 5.83. The second-order valence-corrected chi connectivity index (χ2v) is 9.36. The van der Waals surface area contributed by atoms with Crippen molar-refractivity contribution in [3.63, 3.8) is 0 Å². The Labute approximate surface area is 172 Å². The zero-order chi connectivity index (χ0) is 19.6. The maximum atomic E-state index is 13.5. The maximum absolute atomic E-state index is 13.5. The molecule has 4 nitrogen and oxygen atoms in total. The van der Waals surface area contributed by atoms with E-state index in [2.05, 4.69) is 48.0 Å². The predicted octanol–water partition coefficient (Wildman–Crippen LogP) is 4.60. The number of hydrogen-bond donors (Lipinski definition) is 0. The average Bonchev–Trinajstić information content (AvgIpc) is 3.33. The van der Waals surface area contributed by atoms with Gasteiger partial charge in [0, 0.05) is 29.9 Å². The molecule has 2 aliphatic rings. The third-order valence-corrected chi connectivity index (χ3v) is 7.55. The first kappa shape index (κ1) is 19.6. The van der Waals surface area contributed by atoms with Gasteiger partial charge in [-0.1, -0.05) is 56.5 Å². The van der Waals surface area contributed by atoms with Gasteiger partial charge in [-0.05, 0) is 38.4 Å². The van der Waals surface area contributed by atoms with E-state index in [1.807, 2.05) is 11.4 Å². The summed E-state index contributed by atoms with van der Waals surface area (Å²) in [6.07, 6.45) is 7.98. The van der Waals surface area contributed by atoms with Crippen LogP contribution in [0.5, 0.6) is 0 Å². The second-order valence-electron chi connectivity index (χ2n) is 8.42. The molecule has 5 heteroatoms. The number of hydrogen-bond acceptors (Lipinski definition) is 4. The lowest BCUT2D eigenvalue weighted by molar-refractivity contribution is 0.0494. The molecule has 2 aromatic rings. The van der Waals surface area contributed by atoms with E-state index in [1.54, 1.807) is 11.3 Å². The minimum atomic E-state index is 0.0483. The standard InChI is InChI=1S/C23H31N3OS/c1-3-25(2)19-15-23(12-8-5-9-13-23)26(16-19)22(27)20-17-28-21(24-20)14-18-10-6-4-7-11-18/h4,6-7,10-11,17,19H,3,5,8-9,12-16H2,1-2H3/t19-/m0/s1. The molecule has 1 amide bonds. The molecule has 1 aliphatic carbocycles. The van der Waals surface area contributed by atoms with Crippen molar-refractivity contribution in [3.8, 4) is 0 Å². The van der Waals surface area contributed by atoms with Crippen LogP contribution in [0.2, 0.25) is 0 Å². The smallest absolute Gasteiger partial charge is 0.273 e. The van der Waals surface area contributed by atoms with E-state index in [-0.39, 0.29) is 11.4 Å². The Hall–Kier alpha value is -1.72. The number of likely N-dealkylation sites (N-methyl/N-ethyl adjacent to an activating group) is 1. The first-order valence-corrected chi connectivity index (χ1v) is 11.5. The van der Waals surface area contributed by atoms with Crippen LogP contribution in [0, 0.1) is 0 Å². The fraction of sp³-hybridized carbons (Fsp3) is 0.565. The van der Waals surface area contributed by atoms with Crippen LogP contribution >= 0.6 is 11.3 Å². The van der Waals surface area contributed by atoms with Crippen molar-refractivity contribution in [3.05, 3.63) is 52.0 Å². The maximum Gasteiger partial charge on any atom is 0.273 e. The van der Waals surface area contributed by atoms with Crippen LogP contribution in [0.1, 0.15) is 66.5 Å². The molecule has 0 unspecified atom stereocenters. The molecule has 1 atom stereocenters. The van der Waals surface area contributed by atoms with Crippen molar-refractivity contribution >= 4 is 17.2 Å². The van der Waals surface area contributed by atoms with Gasteiger partial charge < -0.3 is 9.80 Å². The number of nitrogens with zero attached hydrogens (tertiary/aromatic N) is 3.